The second-order valence-corrected chi connectivity index (χ2v) is 5.64. The van der Waals surface area contributed by atoms with Crippen LogP contribution in [0.25, 0.3) is 0 Å². The van der Waals surface area contributed by atoms with Crippen molar-refractivity contribution in [1.82, 2.24) is 5.32 Å². The Balaban J connectivity index is 1.94. The van der Waals surface area contributed by atoms with Crippen molar-refractivity contribution in [3.05, 3.63) is 39.9 Å². The second kappa shape index (κ2) is 7.49. The Kier molecular flexibility index (Phi) is 5.67. The zero-order valence-electron chi connectivity index (χ0n) is 11.9. The number of non-ortho nitro benzene ring substituents is 1. The van der Waals surface area contributed by atoms with E-state index in [1.54, 1.807) is 0 Å². The first-order valence-electron chi connectivity index (χ1n) is 7.38. The molecule has 1 saturated carbocycles. The summed E-state index contributed by atoms with van der Waals surface area (Å²) in [7, 11) is 0. The van der Waals surface area contributed by atoms with Crippen molar-refractivity contribution in [2.45, 2.75) is 37.8 Å². The number of hydrogen-bond donors (Lipinski definition) is 3. The minimum absolute atomic E-state index is 0.00888. The summed E-state index contributed by atoms with van der Waals surface area (Å²) < 4.78 is 0. The molecule has 1 aliphatic carbocycles. The molecule has 1 aliphatic rings. The molecule has 1 fully saturated rings. The average molecular weight is 294 g/mol. The summed E-state index contributed by atoms with van der Waals surface area (Å²) in [6.45, 7) is 0.611. The number of rotatable bonds is 7. The van der Waals surface area contributed by atoms with Crippen LogP contribution >= 0.6 is 0 Å². The third-order valence-corrected chi connectivity index (χ3v) is 4.17. The topological polar surface area (TPSA) is 95.6 Å². The van der Waals surface area contributed by atoms with Gasteiger partial charge in [-0.05, 0) is 43.0 Å². The minimum atomic E-state index is -0.878. The molecule has 21 heavy (non-hydrogen) atoms. The number of nitrogens with zero attached hydrogens (tertiary/aromatic N) is 1. The first-order valence-corrected chi connectivity index (χ1v) is 7.38. The van der Waals surface area contributed by atoms with Gasteiger partial charge in [0.15, 0.2) is 0 Å². The lowest BCUT2D eigenvalue weighted by Gasteiger charge is -2.24. The number of nitrogens with one attached hydrogen (secondary N) is 1. The van der Waals surface area contributed by atoms with Crippen molar-refractivity contribution in [2.24, 2.45) is 5.92 Å². The zero-order valence-corrected chi connectivity index (χ0v) is 11.9. The van der Waals surface area contributed by atoms with E-state index in [1.807, 2.05) is 0 Å². The van der Waals surface area contributed by atoms with Gasteiger partial charge in [-0.3, -0.25) is 10.1 Å². The monoisotopic (exact) mass is 294 g/mol. The molecule has 0 heterocycles. The van der Waals surface area contributed by atoms with Crippen LogP contribution in [0.3, 0.4) is 0 Å². The molecule has 0 radical (unpaired) electrons. The number of aliphatic hydroxyl groups is 2. The van der Waals surface area contributed by atoms with Crippen molar-refractivity contribution >= 4 is 5.69 Å². The molecule has 116 valence electrons. The maximum atomic E-state index is 10.6. The van der Waals surface area contributed by atoms with Crippen molar-refractivity contribution in [1.29, 1.82) is 0 Å². The van der Waals surface area contributed by atoms with Gasteiger partial charge in [0.25, 0.3) is 5.69 Å². The molecule has 6 nitrogen and oxygen atoms in total. The largest absolute Gasteiger partial charge is 0.395 e. The highest BCUT2D eigenvalue weighted by Crippen LogP contribution is 2.25. The van der Waals surface area contributed by atoms with E-state index in [1.165, 1.54) is 49.9 Å². The van der Waals surface area contributed by atoms with E-state index in [-0.39, 0.29) is 12.3 Å². The summed E-state index contributed by atoms with van der Waals surface area (Å²) >= 11 is 0. The molecule has 0 spiro atoms. The van der Waals surface area contributed by atoms with Crippen LogP contribution in [0.15, 0.2) is 24.3 Å². The summed E-state index contributed by atoms with van der Waals surface area (Å²) in [5.74, 6) is 0.614. The first kappa shape index (κ1) is 15.9. The molecule has 1 aromatic carbocycles. The van der Waals surface area contributed by atoms with E-state index >= 15 is 0 Å². The quantitative estimate of drug-likeness (QED) is 0.526. The molecule has 6 heteroatoms. The summed E-state index contributed by atoms with van der Waals surface area (Å²) in [6, 6.07) is 5.34. The van der Waals surface area contributed by atoms with Gasteiger partial charge in [-0.2, -0.15) is 0 Å². The van der Waals surface area contributed by atoms with Gasteiger partial charge in [-0.15, -0.1) is 0 Å². The Morgan fingerprint density at radius 2 is 1.90 bits per heavy atom. The lowest BCUT2D eigenvalue weighted by molar-refractivity contribution is -0.384. The van der Waals surface area contributed by atoms with Crippen LogP contribution in [0.4, 0.5) is 5.69 Å². The highest BCUT2D eigenvalue weighted by molar-refractivity contribution is 5.34. The van der Waals surface area contributed by atoms with Crippen LogP contribution in [-0.4, -0.2) is 34.3 Å². The maximum absolute atomic E-state index is 10.6. The minimum Gasteiger partial charge on any atom is -0.395 e. The van der Waals surface area contributed by atoms with Crippen LogP contribution in [0, 0.1) is 16.0 Å². The van der Waals surface area contributed by atoms with E-state index in [9.17, 15) is 20.3 Å². The van der Waals surface area contributed by atoms with Gasteiger partial charge < -0.3 is 15.5 Å². The highest BCUT2D eigenvalue weighted by Gasteiger charge is 2.23. The number of nitro benzene ring substituents is 1. The number of aliphatic hydroxyl groups excluding tert-OH is 2. The van der Waals surface area contributed by atoms with Crippen molar-refractivity contribution in [2.75, 3.05) is 13.2 Å². The van der Waals surface area contributed by atoms with Gasteiger partial charge in [0, 0.05) is 12.1 Å². The van der Waals surface area contributed by atoms with Crippen LogP contribution in [0.1, 0.15) is 37.4 Å². The molecule has 3 N–H and O–H groups in total. The summed E-state index contributed by atoms with van der Waals surface area (Å²) in [4.78, 5) is 10.1. The Morgan fingerprint density at radius 3 is 2.43 bits per heavy atom. The van der Waals surface area contributed by atoms with Gasteiger partial charge in [0.1, 0.15) is 0 Å². The third kappa shape index (κ3) is 4.23. The average Bonchev–Trinajstić information content (AvgIpc) is 3.01. The molecule has 0 bridgehead atoms. The smallest absolute Gasteiger partial charge is 0.269 e. The Hall–Kier alpha value is -1.50. The number of nitro groups is 1. The van der Waals surface area contributed by atoms with Gasteiger partial charge in [0.05, 0.1) is 23.7 Å². The Morgan fingerprint density at radius 1 is 1.29 bits per heavy atom. The van der Waals surface area contributed by atoms with Gasteiger partial charge in [0.2, 0.25) is 0 Å². The van der Waals surface area contributed by atoms with E-state index in [4.69, 9.17) is 0 Å². The van der Waals surface area contributed by atoms with Crippen LogP contribution in [0.5, 0.6) is 0 Å². The van der Waals surface area contributed by atoms with E-state index in [0.29, 0.717) is 11.5 Å². The Labute approximate surface area is 124 Å². The predicted molar refractivity (Wildman–Crippen MR) is 78.9 cm³/mol. The zero-order chi connectivity index (χ0) is 15.2. The highest BCUT2D eigenvalue weighted by atomic mass is 16.6. The molecule has 2 unspecified atom stereocenters. The molecular formula is C15H22N2O4. The van der Waals surface area contributed by atoms with Crippen molar-refractivity contribution in [3.63, 3.8) is 0 Å². The predicted octanol–water partition coefficient (Wildman–Crippen LogP) is 1.77. The Bertz CT molecular complexity index is 457. The first-order chi connectivity index (χ1) is 10.1. The van der Waals surface area contributed by atoms with Gasteiger partial charge >= 0.3 is 0 Å². The SMILES string of the molecule is O=[N+]([O-])c1ccc(C(O)C(CO)NCC2CCCC2)cc1. The number of benzene rings is 1. The molecule has 0 saturated heterocycles. The van der Waals surface area contributed by atoms with Gasteiger partial charge in [-0.1, -0.05) is 12.8 Å². The standard InChI is InChI=1S/C15H22N2O4/c18-10-14(16-9-11-3-1-2-4-11)15(19)12-5-7-13(8-6-12)17(20)21/h5-8,11,14-16,18-19H,1-4,9-10H2. The summed E-state index contributed by atoms with van der Waals surface area (Å²) in [5.41, 5.74) is 0.559. The lowest BCUT2D eigenvalue weighted by Crippen LogP contribution is -2.40. The van der Waals surface area contributed by atoms with Crippen LogP contribution in [-0.2, 0) is 0 Å². The van der Waals surface area contributed by atoms with Crippen molar-refractivity contribution in [3.8, 4) is 0 Å². The fraction of sp³-hybridized carbons (Fsp3) is 0.600. The van der Waals surface area contributed by atoms with E-state index in [2.05, 4.69) is 5.32 Å². The normalized spacial score (nSPS) is 18.6. The lowest BCUT2D eigenvalue weighted by atomic mass is 10.0. The fourth-order valence-corrected chi connectivity index (χ4v) is 2.83. The van der Waals surface area contributed by atoms with E-state index in [0.717, 1.165) is 6.54 Å². The molecule has 2 rings (SSSR count). The summed E-state index contributed by atoms with van der Waals surface area (Å²) in [5, 5.41) is 33.6. The molecule has 0 aromatic heterocycles. The van der Waals surface area contributed by atoms with Gasteiger partial charge in [-0.25, -0.2) is 0 Å². The molecular weight excluding hydrogens is 272 g/mol. The van der Waals surface area contributed by atoms with Crippen LogP contribution < -0.4 is 5.32 Å². The van der Waals surface area contributed by atoms with E-state index < -0.39 is 17.1 Å². The third-order valence-electron chi connectivity index (χ3n) is 4.17. The van der Waals surface area contributed by atoms with Crippen LogP contribution in [0.2, 0.25) is 0 Å². The molecule has 2 atom stereocenters. The number of hydrogen-bond acceptors (Lipinski definition) is 5. The maximum Gasteiger partial charge on any atom is 0.269 e. The second-order valence-electron chi connectivity index (χ2n) is 5.64. The van der Waals surface area contributed by atoms with Crippen molar-refractivity contribution < 1.29 is 15.1 Å². The molecule has 0 aliphatic heterocycles. The summed E-state index contributed by atoms with van der Waals surface area (Å²) in [6.07, 6.45) is 4.01. The molecule has 1 aromatic rings. The fourth-order valence-electron chi connectivity index (χ4n) is 2.83. The molecule has 0 amide bonds.